The molecule has 0 radical (unpaired) electrons. The Kier molecular flexibility index (Phi) is 4.48. The number of para-hydroxylation sites is 1. The Morgan fingerprint density at radius 2 is 1.95 bits per heavy atom. The molecule has 1 aromatic carbocycles. The summed E-state index contributed by atoms with van der Waals surface area (Å²) in [5.74, 6) is 6.03. The van der Waals surface area contributed by atoms with Crippen molar-refractivity contribution in [3.05, 3.63) is 28.7 Å². The fourth-order valence-corrected chi connectivity index (χ4v) is 1.63. The minimum Gasteiger partial charge on any atom is -0.464 e. The molecule has 0 aliphatic rings. The predicted molar refractivity (Wildman–Crippen MR) is 73.0 cm³/mol. The second-order valence-electron chi connectivity index (χ2n) is 3.33. The number of anilines is 1. The number of rotatable bonds is 5. The van der Waals surface area contributed by atoms with Gasteiger partial charge in [0.15, 0.2) is 0 Å². The number of hydrazine groups is 1. The molecule has 0 atom stereocenters. The zero-order valence-corrected chi connectivity index (χ0v) is 11.7. The Bertz CT molecular complexity index is 567. The Morgan fingerprint density at radius 1 is 1.21 bits per heavy atom. The van der Waals surface area contributed by atoms with E-state index < -0.39 is 0 Å². The first-order chi connectivity index (χ1) is 9.22. The van der Waals surface area contributed by atoms with Crippen molar-refractivity contribution in [2.45, 2.75) is 6.92 Å². The van der Waals surface area contributed by atoms with Gasteiger partial charge in [0.25, 0.3) is 0 Å². The van der Waals surface area contributed by atoms with Crippen LogP contribution in [0.3, 0.4) is 0 Å². The first-order valence-electron chi connectivity index (χ1n) is 5.50. The third-order valence-corrected chi connectivity index (χ3v) is 2.69. The second-order valence-corrected chi connectivity index (χ2v) is 4.19. The largest absolute Gasteiger partial charge is 0.464 e. The molecular formula is C11H12BrN5O2. The van der Waals surface area contributed by atoms with Crippen molar-refractivity contribution in [3.8, 4) is 17.8 Å². The topological polar surface area (TPSA) is 95.2 Å². The number of hydrogen-bond acceptors (Lipinski definition) is 7. The number of ether oxygens (including phenoxy) is 2. The average molecular weight is 326 g/mol. The Labute approximate surface area is 118 Å². The highest BCUT2D eigenvalue weighted by atomic mass is 79.9. The summed E-state index contributed by atoms with van der Waals surface area (Å²) in [6, 6.07) is 7.59. The maximum Gasteiger partial charge on any atom is 0.330 e. The van der Waals surface area contributed by atoms with Crippen molar-refractivity contribution >= 4 is 21.9 Å². The van der Waals surface area contributed by atoms with Crippen LogP contribution in [0.25, 0.3) is 0 Å². The van der Waals surface area contributed by atoms with Gasteiger partial charge in [0.1, 0.15) is 5.75 Å². The molecule has 0 aliphatic carbocycles. The molecule has 0 saturated heterocycles. The van der Waals surface area contributed by atoms with Crippen LogP contribution in [0.1, 0.15) is 6.92 Å². The van der Waals surface area contributed by atoms with Gasteiger partial charge in [-0.25, -0.2) is 5.84 Å². The molecule has 0 saturated carbocycles. The predicted octanol–water partition coefficient (Wildman–Crippen LogP) is 2.11. The molecule has 0 bridgehead atoms. The maximum absolute atomic E-state index is 5.55. The maximum atomic E-state index is 5.55. The highest BCUT2D eigenvalue weighted by molar-refractivity contribution is 9.10. The van der Waals surface area contributed by atoms with E-state index in [2.05, 4.69) is 36.3 Å². The summed E-state index contributed by atoms with van der Waals surface area (Å²) >= 11 is 3.37. The molecule has 0 fully saturated rings. The zero-order valence-electron chi connectivity index (χ0n) is 10.1. The van der Waals surface area contributed by atoms with Crippen LogP contribution in [0.15, 0.2) is 28.7 Å². The highest BCUT2D eigenvalue weighted by Gasteiger charge is 2.10. The van der Waals surface area contributed by atoms with Gasteiger partial charge in [0, 0.05) is 0 Å². The summed E-state index contributed by atoms with van der Waals surface area (Å²) in [4.78, 5) is 11.9. The van der Waals surface area contributed by atoms with Gasteiger partial charge in [-0.3, -0.25) is 5.43 Å². The van der Waals surface area contributed by atoms with Crippen molar-refractivity contribution in [2.24, 2.45) is 5.84 Å². The van der Waals surface area contributed by atoms with Gasteiger partial charge in [-0.2, -0.15) is 9.97 Å². The van der Waals surface area contributed by atoms with Crippen molar-refractivity contribution in [1.82, 2.24) is 15.0 Å². The second kappa shape index (κ2) is 6.30. The summed E-state index contributed by atoms with van der Waals surface area (Å²) in [5, 5.41) is 0. The van der Waals surface area contributed by atoms with Crippen molar-refractivity contribution in [3.63, 3.8) is 0 Å². The molecule has 7 nitrogen and oxygen atoms in total. The molecular weight excluding hydrogens is 314 g/mol. The number of nitrogens with two attached hydrogens (primary N) is 1. The molecule has 8 heteroatoms. The van der Waals surface area contributed by atoms with Gasteiger partial charge in [-0.05, 0) is 35.0 Å². The number of benzene rings is 1. The summed E-state index contributed by atoms with van der Waals surface area (Å²) in [6.07, 6.45) is 0. The molecule has 1 aromatic heterocycles. The van der Waals surface area contributed by atoms with Crippen LogP contribution in [-0.2, 0) is 0 Å². The first-order valence-corrected chi connectivity index (χ1v) is 6.30. The molecule has 0 spiro atoms. The van der Waals surface area contributed by atoms with Gasteiger partial charge >= 0.3 is 12.0 Å². The Morgan fingerprint density at radius 3 is 2.63 bits per heavy atom. The van der Waals surface area contributed by atoms with E-state index in [0.717, 1.165) is 4.47 Å². The Hall–Kier alpha value is -1.93. The van der Waals surface area contributed by atoms with E-state index in [0.29, 0.717) is 12.4 Å². The van der Waals surface area contributed by atoms with E-state index in [1.54, 1.807) is 6.07 Å². The number of hydrogen-bond donors (Lipinski definition) is 2. The lowest BCUT2D eigenvalue weighted by atomic mass is 10.3. The SMILES string of the molecule is CCOc1nc(NN)nc(Oc2ccccc2Br)n1. The zero-order chi connectivity index (χ0) is 13.7. The van der Waals surface area contributed by atoms with E-state index in [4.69, 9.17) is 15.3 Å². The van der Waals surface area contributed by atoms with Crippen molar-refractivity contribution < 1.29 is 9.47 Å². The smallest absolute Gasteiger partial charge is 0.330 e. The van der Waals surface area contributed by atoms with Crippen LogP contribution in [-0.4, -0.2) is 21.6 Å². The monoisotopic (exact) mass is 325 g/mol. The number of aromatic nitrogens is 3. The lowest BCUT2D eigenvalue weighted by molar-refractivity contribution is 0.303. The lowest BCUT2D eigenvalue weighted by Crippen LogP contribution is -2.12. The molecule has 0 amide bonds. The van der Waals surface area contributed by atoms with Gasteiger partial charge in [-0.1, -0.05) is 12.1 Å². The standard InChI is InChI=1S/C11H12BrN5O2/c1-2-18-10-14-9(17-13)15-11(16-10)19-8-6-4-3-5-7(8)12/h3-6H,2,13H2,1H3,(H,14,15,16,17). The van der Waals surface area contributed by atoms with Crippen LogP contribution in [0.4, 0.5) is 5.95 Å². The molecule has 0 unspecified atom stereocenters. The third kappa shape index (κ3) is 3.52. The van der Waals surface area contributed by atoms with Crippen molar-refractivity contribution in [2.75, 3.05) is 12.0 Å². The Balaban J connectivity index is 2.29. The molecule has 100 valence electrons. The minimum absolute atomic E-state index is 0.0956. The van der Waals surface area contributed by atoms with Crippen LogP contribution in [0.2, 0.25) is 0 Å². The molecule has 1 heterocycles. The van der Waals surface area contributed by atoms with Gasteiger partial charge < -0.3 is 9.47 Å². The fraction of sp³-hybridized carbons (Fsp3) is 0.182. The molecule has 2 rings (SSSR count). The van der Waals surface area contributed by atoms with E-state index in [1.807, 2.05) is 25.1 Å². The van der Waals surface area contributed by atoms with E-state index in [9.17, 15) is 0 Å². The minimum atomic E-state index is 0.0956. The van der Waals surface area contributed by atoms with Gasteiger partial charge in [0.05, 0.1) is 11.1 Å². The normalized spacial score (nSPS) is 10.1. The van der Waals surface area contributed by atoms with Crippen LogP contribution >= 0.6 is 15.9 Å². The first kappa shape index (κ1) is 13.5. The summed E-state index contributed by atoms with van der Waals surface area (Å²) in [5.41, 5.74) is 2.33. The van der Waals surface area contributed by atoms with E-state index in [1.165, 1.54) is 0 Å². The number of halogens is 1. The number of nitrogens with zero attached hydrogens (tertiary/aromatic N) is 3. The average Bonchev–Trinajstić information content (AvgIpc) is 2.41. The van der Waals surface area contributed by atoms with Crippen LogP contribution in [0, 0.1) is 0 Å². The van der Waals surface area contributed by atoms with Gasteiger partial charge in [0.2, 0.25) is 5.95 Å². The van der Waals surface area contributed by atoms with Gasteiger partial charge in [-0.15, -0.1) is 4.98 Å². The number of nitrogens with one attached hydrogen (secondary N) is 1. The fourth-order valence-electron chi connectivity index (χ4n) is 1.27. The van der Waals surface area contributed by atoms with Crippen LogP contribution < -0.4 is 20.7 Å². The molecule has 2 aromatic rings. The quantitative estimate of drug-likeness (QED) is 0.642. The molecule has 3 N–H and O–H groups in total. The highest BCUT2D eigenvalue weighted by Crippen LogP contribution is 2.28. The summed E-state index contributed by atoms with van der Waals surface area (Å²) in [6.45, 7) is 2.26. The van der Waals surface area contributed by atoms with E-state index in [-0.39, 0.29) is 18.0 Å². The van der Waals surface area contributed by atoms with Crippen LogP contribution in [0.5, 0.6) is 17.8 Å². The van der Waals surface area contributed by atoms with Crippen molar-refractivity contribution in [1.29, 1.82) is 0 Å². The molecule has 0 aliphatic heterocycles. The summed E-state index contributed by atoms with van der Waals surface area (Å²) in [7, 11) is 0. The summed E-state index contributed by atoms with van der Waals surface area (Å²) < 4.78 is 11.5. The molecule has 19 heavy (non-hydrogen) atoms. The third-order valence-electron chi connectivity index (χ3n) is 2.03. The number of nitrogen functional groups attached to an aromatic ring is 1. The van der Waals surface area contributed by atoms with E-state index >= 15 is 0 Å². The lowest BCUT2D eigenvalue weighted by Gasteiger charge is -2.08.